The number of benzene rings is 3. The average Bonchev–Trinajstić information content (AvgIpc) is 2.89. The monoisotopic (exact) mass is 566 g/mol. The number of ether oxygens (including phenoxy) is 3. The van der Waals surface area contributed by atoms with Crippen LogP contribution in [-0.2, 0) is 16.1 Å². The molecule has 0 heterocycles. The Morgan fingerprint density at radius 1 is 1.03 bits per heavy atom. The Kier molecular flexibility index (Phi) is 9.81. The van der Waals surface area contributed by atoms with E-state index in [1.807, 2.05) is 6.07 Å². The summed E-state index contributed by atoms with van der Waals surface area (Å²) in [6, 6.07) is 17.6. The molecule has 0 spiro atoms. The van der Waals surface area contributed by atoms with Gasteiger partial charge in [-0.2, -0.15) is 5.26 Å². The third-order valence-electron chi connectivity index (χ3n) is 5.02. The van der Waals surface area contributed by atoms with Gasteiger partial charge in [0.15, 0.2) is 11.5 Å². The van der Waals surface area contributed by atoms with Crippen molar-refractivity contribution in [3.05, 3.63) is 93.2 Å². The van der Waals surface area contributed by atoms with Gasteiger partial charge in [-0.05, 0) is 68.0 Å². The number of hydrogen-bond acceptors (Lipinski definition) is 6. The van der Waals surface area contributed by atoms with Crippen LogP contribution < -0.4 is 14.8 Å². The molecule has 1 N–H and O–H groups in total. The van der Waals surface area contributed by atoms with Gasteiger partial charge in [0.05, 0.1) is 18.8 Å². The van der Waals surface area contributed by atoms with E-state index in [-0.39, 0.29) is 24.6 Å². The Balaban J connectivity index is 1.80. The molecule has 0 unspecified atom stereocenters. The lowest BCUT2D eigenvalue weighted by atomic mass is 10.1. The first-order valence-electron chi connectivity index (χ1n) is 11.4. The van der Waals surface area contributed by atoms with E-state index in [2.05, 4.69) is 21.2 Å². The van der Waals surface area contributed by atoms with Gasteiger partial charge in [-0.3, -0.25) is 4.79 Å². The lowest BCUT2D eigenvalue weighted by molar-refractivity contribution is -0.112. The van der Waals surface area contributed by atoms with Crippen molar-refractivity contribution >= 4 is 39.6 Å². The number of nitriles is 1. The molecule has 0 atom stereocenters. The van der Waals surface area contributed by atoms with Gasteiger partial charge in [0.2, 0.25) is 0 Å². The number of nitrogens with zero attached hydrogens (tertiary/aromatic N) is 1. The second kappa shape index (κ2) is 13.2. The largest absolute Gasteiger partial charge is 0.490 e. The van der Waals surface area contributed by atoms with E-state index in [4.69, 9.17) is 14.2 Å². The number of carbonyl (C=O) groups excluding carboxylic acids is 2. The summed E-state index contributed by atoms with van der Waals surface area (Å²) >= 11 is 3.44. The molecule has 37 heavy (non-hydrogen) atoms. The molecule has 7 nitrogen and oxygen atoms in total. The Hall–Kier alpha value is -4.16. The van der Waals surface area contributed by atoms with Crippen molar-refractivity contribution in [3.63, 3.8) is 0 Å². The number of carbonyl (C=O) groups is 2. The number of esters is 1. The molecule has 0 radical (unpaired) electrons. The summed E-state index contributed by atoms with van der Waals surface area (Å²) in [6.45, 7) is 4.11. The lowest BCUT2D eigenvalue weighted by Gasteiger charge is -2.14. The zero-order chi connectivity index (χ0) is 26.8. The van der Waals surface area contributed by atoms with Crippen LogP contribution in [0.2, 0.25) is 0 Å². The second-order valence-corrected chi connectivity index (χ2v) is 8.41. The number of rotatable bonds is 10. The van der Waals surface area contributed by atoms with E-state index < -0.39 is 11.9 Å². The van der Waals surface area contributed by atoms with Gasteiger partial charge in [0, 0.05) is 15.7 Å². The fourth-order valence-corrected chi connectivity index (χ4v) is 3.66. The van der Waals surface area contributed by atoms with Crippen LogP contribution >= 0.6 is 15.9 Å². The van der Waals surface area contributed by atoms with Crippen molar-refractivity contribution < 1.29 is 28.2 Å². The SMILES string of the molecule is CCOC(=O)c1ccc(NC(=O)/C(C#N)=C/c2cc(OCC)c(OCc3ccccc3F)cc2Br)cc1. The molecule has 3 aromatic rings. The fourth-order valence-electron chi connectivity index (χ4n) is 3.22. The van der Waals surface area contributed by atoms with Crippen molar-refractivity contribution in [2.24, 2.45) is 0 Å². The first-order valence-corrected chi connectivity index (χ1v) is 12.2. The van der Waals surface area contributed by atoms with Crippen LogP contribution in [0.25, 0.3) is 6.08 Å². The third-order valence-corrected chi connectivity index (χ3v) is 5.71. The van der Waals surface area contributed by atoms with Crippen molar-refractivity contribution in [1.29, 1.82) is 5.26 Å². The molecular weight excluding hydrogens is 543 g/mol. The Bertz CT molecular complexity index is 1350. The molecule has 0 saturated carbocycles. The van der Waals surface area contributed by atoms with Crippen molar-refractivity contribution in [3.8, 4) is 17.6 Å². The molecule has 3 aromatic carbocycles. The highest BCUT2D eigenvalue weighted by Crippen LogP contribution is 2.35. The molecule has 0 aliphatic heterocycles. The maximum atomic E-state index is 14.0. The zero-order valence-corrected chi connectivity index (χ0v) is 21.8. The Morgan fingerprint density at radius 2 is 1.73 bits per heavy atom. The van der Waals surface area contributed by atoms with Gasteiger partial charge >= 0.3 is 5.97 Å². The highest BCUT2D eigenvalue weighted by Gasteiger charge is 2.15. The van der Waals surface area contributed by atoms with E-state index in [0.717, 1.165) is 0 Å². The fraction of sp³-hybridized carbons (Fsp3) is 0.179. The summed E-state index contributed by atoms with van der Waals surface area (Å²) in [6.07, 6.45) is 1.41. The first kappa shape index (κ1) is 27.4. The minimum atomic E-state index is -0.629. The Morgan fingerprint density at radius 3 is 2.38 bits per heavy atom. The number of anilines is 1. The van der Waals surface area contributed by atoms with Crippen LogP contribution in [0.4, 0.5) is 10.1 Å². The van der Waals surface area contributed by atoms with Crippen LogP contribution in [0.15, 0.2) is 70.7 Å². The average molecular weight is 567 g/mol. The number of amides is 1. The predicted molar refractivity (Wildman–Crippen MR) is 141 cm³/mol. The van der Waals surface area contributed by atoms with Crippen LogP contribution in [0.1, 0.15) is 35.3 Å². The van der Waals surface area contributed by atoms with Gasteiger partial charge in [0.1, 0.15) is 24.1 Å². The smallest absolute Gasteiger partial charge is 0.338 e. The molecule has 0 aliphatic carbocycles. The summed E-state index contributed by atoms with van der Waals surface area (Å²) in [7, 11) is 0. The summed E-state index contributed by atoms with van der Waals surface area (Å²) in [5.74, 6) is -0.719. The van der Waals surface area contributed by atoms with E-state index in [1.165, 1.54) is 24.3 Å². The summed E-state index contributed by atoms with van der Waals surface area (Å²) in [5.41, 5.74) is 1.50. The molecular formula is C28H24BrFN2O5. The van der Waals surface area contributed by atoms with E-state index in [0.29, 0.717) is 45.0 Å². The normalized spacial score (nSPS) is 10.8. The minimum absolute atomic E-state index is 0.00478. The molecule has 3 rings (SSSR count). The molecule has 0 aliphatic rings. The number of nitrogens with one attached hydrogen (secondary N) is 1. The van der Waals surface area contributed by atoms with E-state index >= 15 is 0 Å². The summed E-state index contributed by atoms with van der Waals surface area (Å²) in [5, 5.41) is 12.3. The van der Waals surface area contributed by atoms with Crippen LogP contribution in [-0.4, -0.2) is 25.1 Å². The van der Waals surface area contributed by atoms with Gasteiger partial charge in [0.25, 0.3) is 5.91 Å². The van der Waals surface area contributed by atoms with Crippen molar-refractivity contribution in [1.82, 2.24) is 0 Å². The number of hydrogen-bond donors (Lipinski definition) is 1. The lowest BCUT2D eigenvalue weighted by Crippen LogP contribution is -2.13. The van der Waals surface area contributed by atoms with Gasteiger partial charge in [-0.25, -0.2) is 9.18 Å². The van der Waals surface area contributed by atoms with Crippen molar-refractivity contribution in [2.75, 3.05) is 18.5 Å². The van der Waals surface area contributed by atoms with Crippen molar-refractivity contribution in [2.45, 2.75) is 20.5 Å². The van der Waals surface area contributed by atoms with Crippen LogP contribution in [0.3, 0.4) is 0 Å². The zero-order valence-electron chi connectivity index (χ0n) is 20.2. The number of halogens is 2. The summed E-state index contributed by atoms with van der Waals surface area (Å²) < 4.78 is 30.9. The van der Waals surface area contributed by atoms with E-state index in [9.17, 15) is 19.2 Å². The summed E-state index contributed by atoms with van der Waals surface area (Å²) in [4.78, 5) is 24.5. The highest BCUT2D eigenvalue weighted by molar-refractivity contribution is 9.10. The van der Waals surface area contributed by atoms with Gasteiger partial charge in [-0.15, -0.1) is 0 Å². The Labute approximate surface area is 222 Å². The molecule has 1 amide bonds. The molecule has 0 bridgehead atoms. The standard InChI is InChI=1S/C28H24BrFN2O5/c1-3-35-25-14-20(23(29)15-26(25)37-17-19-7-5-6-8-24(19)30)13-21(16-31)27(33)32-22-11-9-18(10-12-22)28(34)36-4-2/h5-15H,3-4,17H2,1-2H3,(H,32,33)/b21-13+. The first-order chi connectivity index (χ1) is 17.9. The maximum absolute atomic E-state index is 14.0. The van der Waals surface area contributed by atoms with Gasteiger partial charge < -0.3 is 19.5 Å². The molecule has 0 aromatic heterocycles. The third kappa shape index (κ3) is 7.41. The predicted octanol–water partition coefficient (Wildman–Crippen LogP) is 6.29. The quantitative estimate of drug-likeness (QED) is 0.176. The topological polar surface area (TPSA) is 97.7 Å². The molecule has 0 saturated heterocycles. The van der Waals surface area contributed by atoms with Gasteiger partial charge in [-0.1, -0.05) is 34.1 Å². The maximum Gasteiger partial charge on any atom is 0.338 e. The molecule has 190 valence electrons. The minimum Gasteiger partial charge on any atom is -0.490 e. The molecule has 9 heteroatoms. The second-order valence-electron chi connectivity index (χ2n) is 7.56. The van der Waals surface area contributed by atoms with Crippen LogP contribution in [0, 0.1) is 17.1 Å². The molecule has 0 fully saturated rings. The van der Waals surface area contributed by atoms with Crippen LogP contribution in [0.5, 0.6) is 11.5 Å². The van der Waals surface area contributed by atoms with E-state index in [1.54, 1.807) is 56.3 Å². The highest BCUT2D eigenvalue weighted by atomic mass is 79.9.